The highest BCUT2D eigenvalue weighted by Gasteiger charge is 2.33. The summed E-state index contributed by atoms with van der Waals surface area (Å²) >= 11 is 18.6. The van der Waals surface area contributed by atoms with Crippen LogP contribution in [0, 0.1) is 0 Å². The minimum atomic E-state index is -2.08. The van der Waals surface area contributed by atoms with Crippen LogP contribution in [0.2, 0.25) is 0 Å². The lowest BCUT2D eigenvalue weighted by Crippen LogP contribution is -2.31. The van der Waals surface area contributed by atoms with Crippen LogP contribution in [-0.4, -0.2) is 31.6 Å². The molecule has 0 spiro atoms. The van der Waals surface area contributed by atoms with Crippen LogP contribution in [0.15, 0.2) is 119 Å². The number of ether oxygens (including phenoxy) is 2. The maximum Gasteiger partial charge on any atom is 0.276 e. The van der Waals surface area contributed by atoms with Gasteiger partial charge in [0.1, 0.15) is 5.69 Å². The number of thioether (sulfide) groups is 1. The second kappa shape index (κ2) is 14.6. The number of aliphatic hydroxyl groups is 1. The van der Waals surface area contributed by atoms with E-state index in [1.807, 2.05) is 84.9 Å². The molecule has 1 fully saturated rings. The van der Waals surface area contributed by atoms with Crippen LogP contribution in [0.1, 0.15) is 35.5 Å². The van der Waals surface area contributed by atoms with Gasteiger partial charge in [0.15, 0.2) is 12.1 Å². The number of aliphatic hydroxyl groups excluding tert-OH is 1. The molecule has 46 heavy (non-hydrogen) atoms. The number of benzene rings is 4. The maximum atomic E-state index is 12.1. The number of nitrogens with one attached hydrogen (secondary N) is 1. The molecule has 1 aromatic heterocycles. The van der Waals surface area contributed by atoms with E-state index in [0.29, 0.717) is 28.8 Å². The Morgan fingerprint density at radius 3 is 2.11 bits per heavy atom. The quantitative estimate of drug-likeness (QED) is 0.117. The van der Waals surface area contributed by atoms with Gasteiger partial charge in [0.25, 0.3) is 14.9 Å². The standard InChI is InChI=1S/C35H29Cl3N2O5S/c36-35(37,38)33(42)39-27-17-15-26(16-18-27)32-43-28(19-29(44-32)23-13-11-22(20-41)12-14-23)21-46-34-40-30(24-7-3-1-4-8-24)31(45-34)25-9-5-2-6-10-25/h1-18,28-29,32,41H,19-21H2,(H,39,42)/t28-,29+,32+/m1/s1. The van der Waals surface area contributed by atoms with Crippen LogP contribution in [0.3, 0.4) is 0 Å². The fourth-order valence-electron chi connectivity index (χ4n) is 5.05. The second-order valence-electron chi connectivity index (χ2n) is 10.6. The Balaban J connectivity index is 1.23. The smallest absolute Gasteiger partial charge is 0.276 e. The average molecular weight is 696 g/mol. The lowest BCUT2D eigenvalue weighted by Gasteiger charge is -2.36. The van der Waals surface area contributed by atoms with Crippen molar-refractivity contribution in [3.8, 4) is 22.6 Å². The summed E-state index contributed by atoms with van der Waals surface area (Å²) in [6.45, 7) is -0.0376. The van der Waals surface area contributed by atoms with Crippen molar-refractivity contribution in [3.63, 3.8) is 0 Å². The number of alkyl halides is 3. The van der Waals surface area contributed by atoms with Crippen molar-refractivity contribution < 1.29 is 23.8 Å². The number of hydrogen-bond donors (Lipinski definition) is 2. The fraction of sp³-hybridized carbons (Fsp3) is 0.200. The molecule has 0 radical (unpaired) electrons. The monoisotopic (exact) mass is 694 g/mol. The van der Waals surface area contributed by atoms with Gasteiger partial charge in [-0.2, -0.15) is 0 Å². The number of nitrogens with zero attached hydrogens (tertiary/aromatic N) is 1. The minimum Gasteiger partial charge on any atom is -0.431 e. The number of rotatable bonds is 9. The Labute approximate surface area is 285 Å². The molecule has 1 amide bonds. The van der Waals surface area contributed by atoms with Crippen molar-refractivity contribution in [1.82, 2.24) is 4.98 Å². The summed E-state index contributed by atoms with van der Waals surface area (Å²) in [7, 11) is 0. The molecule has 11 heteroatoms. The van der Waals surface area contributed by atoms with Crippen molar-refractivity contribution in [1.29, 1.82) is 0 Å². The van der Waals surface area contributed by atoms with Gasteiger partial charge in [0.05, 0.1) is 18.8 Å². The van der Waals surface area contributed by atoms with Crippen molar-refractivity contribution in [2.75, 3.05) is 11.1 Å². The zero-order valence-corrected chi connectivity index (χ0v) is 27.4. The molecule has 6 rings (SSSR count). The molecule has 1 aliphatic rings. The van der Waals surface area contributed by atoms with E-state index >= 15 is 0 Å². The highest BCUT2D eigenvalue weighted by molar-refractivity contribution is 7.99. The number of amides is 1. The van der Waals surface area contributed by atoms with Gasteiger partial charge >= 0.3 is 0 Å². The topological polar surface area (TPSA) is 93.8 Å². The predicted octanol–water partition coefficient (Wildman–Crippen LogP) is 9.15. The summed E-state index contributed by atoms with van der Waals surface area (Å²) < 4.78 is 17.2. The molecule has 3 atom stereocenters. The van der Waals surface area contributed by atoms with Crippen molar-refractivity contribution in [2.45, 2.75) is 40.5 Å². The lowest BCUT2D eigenvalue weighted by atomic mass is 10.0. The first-order valence-electron chi connectivity index (χ1n) is 14.5. The Morgan fingerprint density at radius 2 is 1.48 bits per heavy atom. The van der Waals surface area contributed by atoms with E-state index in [4.69, 9.17) is 53.7 Å². The van der Waals surface area contributed by atoms with Gasteiger partial charge in [-0.05, 0) is 23.3 Å². The predicted molar refractivity (Wildman–Crippen MR) is 182 cm³/mol. The number of hydrogen-bond acceptors (Lipinski definition) is 7. The van der Waals surface area contributed by atoms with Gasteiger partial charge in [-0.15, -0.1) is 0 Å². The highest BCUT2D eigenvalue weighted by atomic mass is 35.6. The van der Waals surface area contributed by atoms with E-state index in [-0.39, 0.29) is 18.8 Å². The highest BCUT2D eigenvalue weighted by Crippen LogP contribution is 2.41. The first-order chi connectivity index (χ1) is 22.3. The van der Waals surface area contributed by atoms with Crippen LogP contribution in [-0.2, 0) is 20.9 Å². The van der Waals surface area contributed by atoms with Crippen LogP contribution >= 0.6 is 46.6 Å². The van der Waals surface area contributed by atoms with Gasteiger partial charge < -0.3 is 24.3 Å². The normalized spacial score (nSPS) is 18.3. The van der Waals surface area contributed by atoms with E-state index in [9.17, 15) is 9.90 Å². The van der Waals surface area contributed by atoms with Gasteiger partial charge in [-0.1, -0.05) is 144 Å². The van der Waals surface area contributed by atoms with Crippen LogP contribution in [0.5, 0.6) is 0 Å². The zero-order valence-electron chi connectivity index (χ0n) is 24.3. The van der Waals surface area contributed by atoms with Gasteiger partial charge in [-0.3, -0.25) is 4.79 Å². The Hall–Kier alpha value is -3.34. The van der Waals surface area contributed by atoms with E-state index in [1.54, 1.807) is 24.3 Å². The third kappa shape index (κ3) is 7.96. The zero-order chi connectivity index (χ0) is 32.1. The number of oxazole rings is 1. The first-order valence-corrected chi connectivity index (χ1v) is 16.6. The molecule has 2 N–H and O–H groups in total. The van der Waals surface area contributed by atoms with E-state index < -0.39 is 16.0 Å². The third-order valence-electron chi connectivity index (χ3n) is 7.40. The first kappa shape index (κ1) is 32.6. The van der Waals surface area contributed by atoms with Crippen molar-refractivity contribution in [2.24, 2.45) is 0 Å². The molecular formula is C35H29Cl3N2O5S. The summed E-state index contributed by atoms with van der Waals surface area (Å²) in [6.07, 6.45) is -0.589. The summed E-state index contributed by atoms with van der Waals surface area (Å²) in [5.41, 5.74) is 5.71. The van der Waals surface area contributed by atoms with Crippen LogP contribution in [0.4, 0.5) is 5.69 Å². The molecule has 4 aromatic carbocycles. The average Bonchev–Trinajstić information content (AvgIpc) is 3.52. The largest absolute Gasteiger partial charge is 0.431 e. The minimum absolute atomic E-state index is 0.0376. The Bertz CT molecular complexity index is 1690. The molecule has 5 aromatic rings. The maximum absolute atomic E-state index is 12.1. The molecule has 236 valence electrons. The van der Waals surface area contributed by atoms with Gasteiger partial charge in [0, 0.05) is 34.6 Å². The van der Waals surface area contributed by atoms with Crippen LogP contribution in [0.25, 0.3) is 22.6 Å². The Kier molecular flexibility index (Phi) is 10.4. The van der Waals surface area contributed by atoms with Crippen LogP contribution < -0.4 is 5.32 Å². The van der Waals surface area contributed by atoms with E-state index in [0.717, 1.165) is 33.5 Å². The molecule has 7 nitrogen and oxygen atoms in total. The summed E-state index contributed by atoms with van der Waals surface area (Å²) in [6, 6.07) is 34.6. The SMILES string of the molecule is O=C(Nc1ccc([C@H]2O[C@@H](CSc3nc(-c4ccccc4)c(-c4ccccc4)o3)C[C@@H](c3ccc(CO)cc3)O2)cc1)C(Cl)(Cl)Cl. The van der Waals surface area contributed by atoms with Crippen molar-refractivity contribution in [3.05, 3.63) is 126 Å². The lowest BCUT2D eigenvalue weighted by molar-refractivity contribution is -0.245. The molecule has 1 aliphatic heterocycles. The number of halogens is 3. The Morgan fingerprint density at radius 1 is 0.848 bits per heavy atom. The molecule has 1 saturated heterocycles. The van der Waals surface area contributed by atoms with Gasteiger partial charge in [0.2, 0.25) is 0 Å². The summed E-state index contributed by atoms with van der Waals surface area (Å²) in [4.78, 5) is 17.0. The molecule has 2 heterocycles. The fourth-order valence-corrected chi connectivity index (χ4v) is 6.03. The molecule has 0 bridgehead atoms. The molecular weight excluding hydrogens is 667 g/mol. The molecule has 0 saturated carbocycles. The number of anilines is 1. The molecule has 0 aliphatic carbocycles. The summed E-state index contributed by atoms with van der Waals surface area (Å²) in [5.74, 6) is 0.519. The number of carbonyl (C=O) groups excluding carboxylic acids is 1. The third-order valence-corrected chi connectivity index (χ3v) is 8.87. The molecule has 0 unspecified atom stereocenters. The number of aromatic nitrogens is 1. The van der Waals surface area contributed by atoms with Gasteiger partial charge in [-0.25, -0.2) is 4.98 Å². The van der Waals surface area contributed by atoms with E-state index in [2.05, 4.69) is 5.32 Å². The number of carbonyl (C=O) groups is 1. The van der Waals surface area contributed by atoms with E-state index in [1.165, 1.54) is 11.8 Å². The van der Waals surface area contributed by atoms with Crippen molar-refractivity contribution >= 4 is 58.2 Å². The second-order valence-corrected chi connectivity index (χ2v) is 13.9. The summed E-state index contributed by atoms with van der Waals surface area (Å²) in [5, 5.41) is 12.6.